The average molecular weight is 275 g/mol. The number of pyridine rings is 1. The Bertz CT molecular complexity index is 419. The summed E-state index contributed by atoms with van der Waals surface area (Å²) in [6, 6.07) is 0.258. The Morgan fingerprint density at radius 1 is 1.42 bits per heavy atom. The largest absolute Gasteiger partial charge is 0.416 e. The molecule has 2 atom stereocenters. The monoisotopic (exact) mass is 275 g/mol. The molecule has 4 nitrogen and oxygen atoms in total. The van der Waals surface area contributed by atoms with Crippen molar-refractivity contribution in [3.63, 3.8) is 0 Å². The van der Waals surface area contributed by atoms with Crippen LogP contribution < -0.4 is 11.3 Å². The standard InChI is InChI=1S/C12H16F3N3O/c13-12(14,15)9-4-5-17-7-8(9)11(18-16)10-3-1-2-6-19-10/h4-5,7,10-11,18H,1-3,6,16H2. The van der Waals surface area contributed by atoms with E-state index in [9.17, 15) is 13.2 Å². The molecule has 2 heterocycles. The lowest BCUT2D eigenvalue weighted by molar-refractivity contribution is -0.139. The van der Waals surface area contributed by atoms with Gasteiger partial charge in [0.2, 0.25) is 0 Å². The van der Waals surface area contributed by atoms with Gasteiger partial charge in [0.05, 0.1) is 17.7 Å². The van der Waals surface area contributed by atoms with Crippen LogP contribution in [0.15, 0.2) is 18.5 Å². The van der Waals surface area contributed by atoms with Gasteiger partial charge < -0.3 is 4.74 Å². The highest BCUT2D eigenvalue weighted by Crippen LogP contribution is 2.36. The number of alkyl halides is 3. The molecule has 1 fully saturated rings. The van der Waals surface area contributed by atoms with E-state index in [0.29, 0.717) is 13.0 Å². The summed E-state index contributed by atoms with van der Waals surface area (Å²) in [5.74, 6) is 5.42. The van der Waals surface area contributed by atoms with Crippen molar-refractivity contribution in [1.29, 1.82) is 0 Å². The molecule has 0 radical (unpaired) electrons. The Hall–Kier alpha value is -1.18. The summed E-state index contributed by atoms with van der Waals surface area (Å²) in [5, 5.41) is 0. The van der Waals surface area contributed by atoms with Crippen molar-refractivity contribution in [3.8, 4) is 0 Å². The molecule has 106 valence electrons. The molecule has 2 rings (SSSR count). The first-order valence-electron chi connectivity index (χ1n) is 6.13. The highest BCUT2D eigenvalue weighted by Gasteiger charge is 2.37. The minimum Gasteiger partial charge on any atom is -0.376 e. The van der Waals surface area contributed by atoms with Gasteiger partial charge in [-0.15, -0.1) is 0 Å². The van der Waals surface area contributed by atoms with Gasteiger partial charge in [-0.25, -0.2) is 0 Å². The maximum atomic E-state index is 13.0. The number of hydrogen-bond acceptors (Lipinski definition) is 4. The van der Waals surface area contributed by atoms with Gasteiger partial charge in [-0.05, 0) is 25.3 Å². The Labute approximate surface area is 109 Å². The zero-order valence-electron chi connectivity index (χ0n) is 10.3. The topological polar surface area (TPSA) is 60.2 Å². The summed E-state index contributed by atoms with van der Waals surface area (Å²) in [6.07, 6.45) is 0.0667. The third kappa shape index (κ3) is 3.23. The van der Waals surface area contributed by atoms with Gasteiger partial charge in [0.15, 0.2) is 0 Å². The molecule has 1 aliphatic heterocycles. The molecule has 0 aliphatic carbocycles. The lowest BCUT2D eigenvalue weighted by atomic mass is 9.94. The number of hydrazine groups is 1. The van der Waals surface area contributed by atoms with Crippen LogP contribution in [0.4, 0.5) is 13.2 Å². The molecule has 2 unspecified atom stereocenters. The number of nitrogens with two attached hydrogens (primary N) is 1. The molecule has 0 amide bonds. The molecule has 0 aromatic carbocycles. The van der Waals surface area contributed by atoms with Crippen molar-refractivity contribution < 1.29 is 17.9 Å². The van der Waals surface area contributed by atoms with Gasteiger partial charge in [-0.2, -0.15) is 13.2 Å². The van der Waals surface area contributed by atoms with Gasteiger partial charge >= 0.3 is 6.18 Å². The summed E-state index contributed by atoms with van der Waals surface area (Å²) in [7, 11) is 0. The Morgan fingerprint density at radius 2 is 2.21 bits per heavy atom. The van der Waals surface area contributed by atoms with Crippen LogP contribution in [-0.4, -0.2) is 17.7 Å². The summed E-state index contributed by atoms with van der Waals surface area (Å²) in [6.45, 7) is 0.546. The van der Waals surface area contributed by atoms with Crippen molar-refractivity contribution in [3.05, 3.63) is 29.6 Å². The molecule has 1 saturated heterocycles. The average Bonchev–Trinajstić information content (AvgIpc) is 2.40. The number of aromatic nitrogens is 1. The minimum atomic E-state index is -4.43. The fourth-order valence-electron chi connectivity index (χ4n) is 2.34. The van der Waals surface area contributed by atoms with Crippen LogP contribution in [-0.2, 0) is 10.9 Å². The van der Waals surface area contributed by atoms with E-state index in [4.69, 9.17) is 10.6 Å². The van der Waals surface area contributed by atoms with Gasteiger partial charge in [0, 0.05) is 24.6 Å². The van der Waals surface area contributed by atoms with E-state index < -0.39 is 17.8 Å². The zero-order valence-corrected chi connectivity index (χ0v) is 10.3. The van der Waals surface area contributed by atoms with Crippen molar-refractivity contribution in [2.24, 2.45) is 5.84 Å². The molecule has 0 bridgehead atoms. The van der Waals surface area contributed by atoms with E-state index in [1.54, 1.807) is 0 Å². The highest BCUT2D eigenvalue weighted by molar-refractivity contribution is 5.30. The van der Waals surface area contributed by atoms with Gasteiger partial charge in [-0.1, -0.05) is 0 Å². The van der Waals surface area contributed by atoms with Crippen LogP contribution in [0.2, 0.25) is 0 Å². The van der Waals surface area contributed by atoms with Crippen LogP contribution in [0.25, 0.3) is 0 Å². The summed E-state index contributed by atoms with van der Waals surface area (Å²) >= 11 is 0. The third-order valence-electron chi connectivity index (χ3n) is 3.26. The highest BCUT2D eigenvalue weighted by atomic mass is 19.4. The van der Waals surface area contributed by atoms with E-state index in [2.05, 4.69) is 10.4 Å². The van der Waals surface area contributed by atoms with Gasteiger partial charge in [-0.3, -0.25) is 16.3 Å². The smallest absolute Gasteiger partial charge is 0.376 e. The molecule has 19 heavy (non-hydrogen) atoms. The summed E-state index contributed by atoms with van der Waals surface area (Å²) < 4.78 is 44.4. The lowest BCUT2D eigenvalue weighted by Gasteiger charge is -2.31. The summed E-state index contributed by atoms with van der Waals surface area (Å²) in [4.78, 5) is 3.77. The first-order valence-corrected chi connectivity index (χ1v) is 6.13. The number of nitrogens with zero attached hydrogens (tertiary/aromatic N) is 1. The predicted molar refractivity (Wildman–Crippen MR) is 62.9 cm³/mol. The molecule has 1 aliphatic rings. The van der Waals surface area contributed by atoms with Crippen LogP contribution in [0.3, 0.4) is 0 Å². The number of rotatable bonds is 3. The molecular weight excluding hydrogens is 259 g/mol. The van der Waals surface area contributed by atoms with E-state index in [1.807, 2.05) is 0 Å². The van der Waals surface area contributed by atoms with Crippen LogP contribution in [0.5, 0.6) is 0 Å². The predicted octanol–water partition coefficient (Wildman–Crippen LogP) is 2.17. The van der Waals surface area contributed by atoms with E-state index in [1.165, 1.54) is 6.20 Å². The third-order valence-corrected chi connectivity index (χ3v) is 3.26. The van der Waals surface area contributed by atoms with E-state index >= 15 is 0 Å². The van der Waals surface area contributed by atoms with Crippen LogP contribution in [0, 0.1) is 0 Å². The maximum absolute atomic E-state index is 13.0. The van der Waals surface area contributed by atoms with Crippen molar-refractivity contribution in [1.82, 2.24) is 10.4 Å². The lowest BCUT2D eigenvalue weighted by Crippen LogP contribution is -2.40. The number of halogens is 3. The first kappa shape index (κ1) is 14.2. The fraction of sp³-hybridized carbons (Fsp3) is 0.583. The second kappa shape index (κ2) is 5.85. The Kier molecular flexibility index (Phi) is 4.38. The minimum absolute atomic E-state index is 0.0319. The molecule has 3 N–H and O–H groups in total. The Morgan fingerprint density at radius 3 is 2.79 bits per heavy atom. The first-order chi connectivity index (χ1) is 9.04. The van der Waals surface area contributed by atoms with Gasteiger partial charge in [0.1, 0.15) is 0 Å². The number of hydrogen-bond donors (Lipinski definition) is 2. The normalized spacial score (nSPS) is 22.2. The Balaban J connectivity index is 2.32. The van der Waals surface area contributed by atoms with E-state index in [0.717, 1.165) is 25.1 Å². The fourth-order valence-corrected chi connectivity index (χ4v) is 2.34. The SMILES string of the molecule is NNC(c1cnccc1C(F)(F)F)C1CCCCO1. The number of nitrogens with one attached hydrogen (secondary N) is 1. The second-order valence-corrected chi connectivity index (χ2v) is 4.51. The molecular formula is C12H16F3N3O. The molecule has 7 heteroatoms. The maximum Gasteiger partial charge on any atom is 0.416 e. The zero-order chi connectivity index (χ0) is 13.9. The van der Waals surface area contributed by atoms with Crippen molar-refractivity contribution in [2.75, 3.05) is 6.61 Å². The quantitative estimate of drug-likeness (QED) is 0.655. The second-order valence-electron chi connectivity index (χ2n) is 4.51. The van der Waals surface area contributed by atoms with Crippen molar-refractivity contribution in [2.45, 2.75) is 37.6 Å². The molecule has 0 spiro atoms. The van der Waals surface area contributed by atoms with E-state index in [-0.39, 0.29) is 11.7 Å². The van der Waals surface area contributed by atoms with Crippen LogP contribution in [0.1, 0.15) is 36.4 Å². The summed E-state index contributed by atoms with van der Waals surface area (Å²) in [5.41, 5.74) is 1.74. The van der Waals surface area contributed by atoms with Gasteiger partial charge in [0.25, 0.3) is 0 Å². The van der Waals surface area contributed by atoms with Crippen LogP contribution >= 0.6 is 0 Å². The molecule has 0 saturated carbocycles. The molecule has 1 aromatic heterocycles. The number of ether oxygens (including phenoxy) is 1. The van der Waals surface area contributed by atoms with Crippen molar-refractivity contribution >= 4 is 0 Å². The molecule has 1 aromatic rings.